The van der Waals surface area contributed by atoms with Crippen LogP contribution >= 0.6 is 0 Å². The van der Waals surface area contributed by atoms with Crippen molar-refractivity contribution in [3.05, 3.63) is 23.8 Å². The molecule has 0 radical (unpaired) electrons. The third-order valence-corrected chi connectivity index (χ3v) is 9.52. The van der Waals surface area contributed by atoms with Crippen LogP contribution in [0.4, 0.5) is 0 Å². The summed E-state index contributed by atoms with van der Waals surface area (Å²) in [6.45, 7) is 7.32. The van der Waals surface area contributed by atoms with Crippen LogP contribution in [0, 0.1) is 40.4 Å². The molecule has 3 saturated carbocycles. The fourth-order valence-corrected chi connectivity index (χ4v) is 7.98. The van der Waals surface area contributed by atoms with Crippen molar-refractivity contribution in [3.63, 3.8) is 0 Å². The molecular formula is C25H38O3. The van der Waals surface area contributed by atoms with Gasteiger partial charge in [-0.05, 0) is 91.8 Å². The van der Waals surface area contributed by atoms with Gasteiger partial charge in [-0.15, -0.1) is 0 Å². The number of esters is 1. The van der Waals surface area contributed by atoms with E-state index in [4.69, 9.17) is 4.74 Å². The second-order valence-electron chi connectivity index (χ2n) is 10.6. The molecule has 0 heterocycles. The Balaban J connectivity index is 1.55. The smallest absolute Gasteiger partial charge is 0.330 e. The summed E-state index contributed by atoms with van der Waals surface area (Å²) >= 11 is 0. The maximum Gasteiger partial charge on any atom is 0.330 e. The van der Waals surface area contributed by atoms with Crippen LogP contribution in [0.1, 0.15) is 72.1 Å². The van der Waals surface area contributed by atoms with Gasteiger partial charge in [0.1, 0.15) is 0 Å². The number of hydrogen-bond donors (Lipinski definition) is 1. The van der Waals surface area contributed by atoms with Crippen molar-refractivity contribution < 1.29 is 14.6 Å². The van der Waals surface area contributed by atoms with E-state index in [0.717, 1.165) is 37.0 Å². The molecule has 156 valence electrons. The average molecular weight is 387 g/mol. The van der Waals surface area contributed by atoms with Gasteiger partial charge in [0.15, 0.2) is 0 Å². The van der Waals surface area contributed by atoms with Gasteiger partial charge in [0.2, 0.25) is 0 Å². The quantitative estimate of drug-likeness (QED) is 0.407. The van der Waals surface area contributed by atoms with Gasteiger partial charge in [-0.2, -0.15) is 0 Å². The number of hydrogen-bond acceptors (Lipinski definition) is 3. The van der Waals surface area contributed by atoms with Crippen LogP contribution in [-0.2, 0) is 9.53 Å². The number of aliphatic hydroxyl groups is 1. The first-order chi connectivity index (χ1) is 13.3. The van der Waals surface area contributed by atoms with Gasteiger partial charge in [0.05, 0.1) is 13.2 Å². The van der Waals surface area contributed by atoms with E-state index < -0.39 is 0 Å². The highest BCUT2D eigenvalue weighted by molar-refractivity contribution is 5.81. The zero-order chi connectivity index (χ0) is 20.1. The minimum atomic E-state index is -0.243. The van der Waals surface area contributed by atoms with Crippen LogP contribution in [-0.4, -0.2) is 24.3 Å². The third kappa shape index (κ3) is 3.09. The Morgan fingerprint density at radius 2 is 2.00 bits per heavy atom. The minimum Gasteiger partial charge on any atom is -0.466 e. The van der Waals surface area contributed by atoms with E-state index in [9.17, 15) is 9.90 Å². The molecule has 4 aliphatic rings. The molecule has 4 rings (SSSR count). The molecule has 0 aromatic rings. The van der Waals surface area contributed by atoms with Crippen molar-refractivity contribution in [3.8, 4) is 0 Å². The maximum atomic E-state index is 11.5. The molecule has 28 heavy (non-hydrogen) atoms. The molecule has 0 spiro atoms. The molecule has 0 aliphatic heterocycles. The van der Waals surface area contributed by atoms with E-state index >= 15 is 0 Å². The zero-order valence-corrected chi connectivity index (χ0v) is 18.1. The molecule has 8 atom stereocenters. The van der Waals surface area contributed by atoms with Crippen LogP contribution in [0.25, 0.3) is 0 Å². The van der Waals surface area contributed by atoms with Crippen LogP contribution in [0.3, 0.4) is 0 Å². The number of rotatable bonds is 3. The van der Waals surface area contributed by atoms with E-state index in [-0.39, 0.29) is 12.1 Å². The molecule has 0 unspecified atom stereocenters. The van der Waals surface area contributed by atoms with Gasteiger partial charge < -0.3 is 9.84 Å². The van der Waals surface area contributed by atoms with Crippen molar-refractivity contribution in [2.24, 2.45) is 40.4 Å². The predicted octanol–water partition coefficient (Wildman–Crippen LogP) is 5.29. The Morgan fingerprint density at radius 3 is 2.75 bits per heavy atom. The molecule has 4 aliphatic carbocycles. The first kappa shape index (κ1) is 20.2. The first-order valence-corrected chi connectivity index (χ1v) is 11.4. The Labute approximate surface area is 170 Å². The fraction of sp³-hybridized carbons (Fsp3) is 0.800. The van der Waals surface area contributed by atoms with E-state index in [1.165, 1.54) is 39.2 Å². The fourth-order valence-electron chi connectivity index (χ4n) is 7.98. The van der Waals surface area contributed by atoms with E-state index in [0.29, 0.717) is 22.7 Å². The normalized spacial score (nSPS) is 46.3. The Morgan fingerprint density at radius 1 is 1.21 bits per heavy atom. The highest BCUT2D eigenvalue weighted by Crippen LogP contribution is 2.67. The number of carbonyl (C=O) groups is 1. The van der Waals surface area contributed by atoms with Gasteiger partial charge in [-0.25, -0.2) is 4.79 Å². The summed E-state index contributed by atoms with van der Waals surface area (Å²) in [5, 5.41) is 10.2. The number of fused-ring (bicyclic) bond motifs is 5. The Bertz CT molecular complexity index is 679. The summed E-state index contributed by atoms with van der Waals surface area (Å²) in [5.41, 5.74) is 2.26. The van der Waals surface area contributed by atoms with Crippen molar-refractivity contribution >= 4 is 5.97 Å². The van der Waals surface area contributed by atoms with Gasteiger partial charge in [0, 0.05) is 6.08 Å². The van der Waals surface area contributed by atoms with Crippen molar-refractivity contribution in [1.29, 1.82) is 0 Å². The van der Waals surface area contributed by atoms with Crippen LogP contribution in [0.5, 0.6) is 0 Å². The second kappa shape index (κ2) is 7.31. The van der Waals surface area contributed by atoms with Crippen molar-refractivity contribution in [2.45, 2.75) is 78.2 Å². The second-order valence-corrected chi connectivity index (χ2v) is 10.6. The number of carbonyl (C=O) groups excluding carboxylic acids is 1. The number of allylic oxidation sites excluding steroid dienone is 2. The third-order valence-electron chi connectivity index (χ3n) is 9.52. The summed E-state index contributed by atoms with van der Waals surface area (Å²) in [6.07, 6.45) is 15.6. The molecule has 0 aromatic heterocycles. The topological polar surface area (TPSA) is 46.5 Å². The summed E-state index contributed by atoms with van der Waals surface area (Å²) in [5.74, 6) is 3.22. The minimum absolute atomic E-state index is 0.122. The predicted molar refractivity (Wildman–Crippen MR) is 112 cm³/mol. The van der Waals surface area contributed by atoms with Crippen LogP contribution < -0.4 is 0 Å². The Kier molecular flexibility index (Phi) is 5.27. The Hall–Kier alpha value is -1.09. The summed E-state index contributed by atoms with van der Waals surface area (Å²) in [4.78, 5) is 11.5. The average Bonchev–Trinajstić information content (AvgIpc) is 3.03. The van der Waals surface area contributed by atoms with Crippen LogP contribution in [0.2, 0.25) is 0 Å². The van der Waals surface area contributed by atoms with Gasteiger partial charge in [-0.1, -0.05) is 38.5 Å². The molecule has 3 fully saturated rings. The molecule has 1 N–H and O–H groups in total. The highest BCUT2D eigenvalue weighted by atomic mass is 16.5. The summed E-state index contributed by atoms with van der Waals surface area (Å²) < 4.78 is 4.78. The van der Waals surface area contributed by atoms with Crippen LogP contribution in [0.15, 0.2) is 23.8 Å². The zero-order valence-electron chi connectivity index (χ0n) is 18.1. The largest absolute Gasteiger partial charge is 0.466 e. The van der Waals surface area contributed by atoms with E-state index in [1.807, 2.05) is 0 Å². The molecule has 0 bridgehead atoms. The highest BCUT2D eigenvalue weighted by Gasteiger charge is 2.58. The maximum absolute atomic E-state index is 11.5. The van der Waals surface area contributed by atoms with Crippen molar-refractivity contribution in [1.82, 2.24) is 0 Å². The van der Waals surface area contributed by atoms with E-state index in [1.54, 1.807) is 11.6 Å². The lowest BCUT2D eigenvalue weighted by molar-refractivity contribution is -0.134. The van der Waals surface area contributed by atoms with E-state index in [2.05, 4.69) is 32.9 Å². The van der Waals surface area contributed by atoms with Gasteiger partial charge in [-0.3, -0.25) is 0 Å². The molecule has 0 amide bonds. The number of ether oxygens (including phenoxy) is 1. The lowest BCUT2D eigenvalue weighted by Crippen LogP contribution is -2.50. The first-order valence-electron chi connectivity index (χ1n) is 11.4. The van der Waals surface area contributed by atoms with Crippen molar-refractivity contribution in [2.75, 3.05) is 7.11 Å². The lowest BCUT2D eigenvalue weighted by Gasteiger charge is -2.58. The monoisotopic (exact) mass is 386 g/mol. The summed E-state index contributed by atoms with van der Waals surface area (Å²) in [7, 11) is 1.45. The van der Waals surface area contributed by atoms with Gasteiger partial charge in [0.25, 0.3) is 0 Å². The number of methoxy groups -OCH3 is 1. The molecule has 0 saturated heterocycles. The molecule has 3 heteroatoms. The number of aliphatic hydroxyl groups excluding tert-OH is 1. The molecule has 0 aromatic carbocycles. The lowest BCUT2D eigenvalue weighted by atomic mass is 9.47. The summed E-state index contributed by atoms with van der Waals surface area (Å²) in [6, 6.07) is 0. The molecule has 3 nitrogen and oxygen atoms in total. The molecular weight excluding hydrogens is 348 g/mol. The standard InChI is InChI=1S/C25H38O3/c1-16(5-10-23(27)28-4)20-8-9-21-19-7-6-17-15-18(26)11-13-24(17,2)22(19)12-14-25(20,21)3/h5-6,10,16,18-22,26H,7-9,11-15H2,1-4H3/b10-5+/t16-,18+,19+,20-,21+,22+,24+,25-/m1/s1. The SMILES string of the molecule is COC(=O)/C=C/[C@@H](C)[C@H]1CC[C@H]2[C@@H]3CC=C4C[C@@H](O)CC[C@]4(C)[C@H]3CC[C@]12C. The van der Waals surface area contributed by atoms with Gasteiger partial charge >= 0.3 is 5.97 Å².